The number of nitrogens with one attached hydrogen (secondary N) is 2. The number of hydrogen-bond acceptors (Lipinski definition) is 3. The number of amides is 1. The van der Waals surface area contributed by atoms with Gasteiger partial charge in [0.25, 0.3) is 0 Å². The minimum atomic E-state index is -0.328. The van der Waals surface area contributed by atoms with Crippen molar-refractivity contribution < 1.29 is 9.21 Å². The molecular formula is C16H18N2O2. The molecule has 2 atom stereocenters. The molecule has 1 aromatic heterocycles. The SMILES string of the molecule is Cc1ccc2c(c1)C(NC(C)c1ccc(C)o1)C(=O)N2. The first kappa shape index (κ1) is 12.9. The highest BCUT2D eigenvalue weighted by Gasteiger charge is 2.32. The number of hydrogen-bond donors (Lipinski definition) is 2. The average molecular weight is 270 g/mol. The Morgan fingerprint density at radius 3 is 2.75 bits per heavy atom. The van der Waals surface area contributed by atoms with Crippen LogP contribution in [-0.4, -0.2) is 5.91 Å². The number of furan rings is 1. The van der Waals surface area contributed by atoms with Crippen molar-refractivity contribution in [1.82, 2.24) is 5.32 Å². The Morgan fingerprint density at radius 1 is 1.25 bits per heavy atom. The van der Waals surface area contributed by atoms with Gasteiger partial charge in [0, 0.05) is 11.3 Å². The van der Waals surface area contributed by atoms with Crippen LogP contribution in [0.15, 0.2) is 34.7 Å². The second-order valence-electron chi connectivity index (χ2n) is 5.35. The fourth-order valence-corrected chi connectivity index (χ4v) is 2.56. The Balaban J connectivity index is 1.85. The van der Waals surface area contributed by atoms with Gasteiger partial charge in [-0.25, -0.2) is 0 Å². The van der Waals surface area contributed by atoms with E-state index in [1.807, 2.05) is 51.1 Å². The number of benzene rings is 1. The summed E-state index contributed by atoms with van der Waals surface area (Å²) in [5, 5.41) is 6.24. The Bertz CT molecular complexity index is 660. The van der Waals surface area contributed by atoms with E-state index < -0.39 is 0 Å². The highest BCUT2D eigenvalue weighted by molar-refractivity contribution is 6.02. The molecule has 0 spiro atoms. The molecule has 1 aliphatic heterocycles. The maximum absolute atomic E-state index is 12.1. The summed E-state index contributed by atoms with van der Waals surface area (Å²) in [6.45, 7) is 5.94. The molecule has 2 N–H and O–H groups in total. The molecule has 0 saturated heterocycles. The maximum Gasteiger partial charge on any atom is 0.246 e. The molecule has 1 amide bonds. The minimum absolute atomic E-state index is 0.0132. The zero-order valence-corrected chi connectivity index (χ0v) is 11.9. The van der Waals surface area contributed by atoms with Gasteiger partial charge in [0.2, 0.25) is 5.91 Å². The van der Waals surface area contributed by atoms with E-state index in [4.69, 9.17) is 4.42 Å². The molecule has 1 aromatic carbocycles. The Hall–Kier alpha value is -2.07. The first-order chi connectivity index (χ1) is 9.54. The minimum Gasteiger partial charge on any atom is -0.465 e. The lowest BCUT2D eigenvalue weighted by Crippen LogP contribution is -2.29. The third-order valence-electron chi connectivity index (χ3n) is 3.64. The van der Waals surface area contributed by atoms with Crippen LogP contribution in [0.1, 0.15) is 41.7 Å². The van der Waals surface area contributed by atoms with Gasteiger partial charge in [0.15, 0.2) is 0 Å². The van der Waals surface area contributed by atoms with E-state index in [1.165, 1.54) is 0 Å². The summed E-state index contributed by atoms with van der Waals surface area (Å²) in [4.78, 5) is 12.1. The summed E-state index contributed by atoms with van der Waals surface area (Å²) in [5.74, 6) is 1.71. The molecule has 1 aliphatic rings. The Kier molecular flexibility index (Phi) is 3.10. The summed E-state index contributed by atoms with van der Waals surface area (Å²) in [7, 11) is 0. The molecule has 20 heavy (non-hydrogen) atoms. The van der Waals surface area contributed by atoms with Crippen LogP contribution in [0.5, 0.6) is 0 Å². The van der Waals surface area contributed by atoms with E-state index in [2.05, 4.69) is 10.6 Å². The van der Waals surface area contributed by atoms with Crippen molar-refractivity contribution in [3.63, 3.8) is 0 Å². The molecule has 0 fully saturated rings. The molecular weight excluding hydrogens is 252 g/mol. The number of aryl methyl sites for hydroxylation is 2. The van der Waals surface area contributed by atoms with Crippen molar-refractivity contribution in [2.24, 2.45) is 0 Å². The van der Waals surface area contributed by atoms with E-state index in [0.717, 1.165) is 28.3 Å². The summed E-state index contributed by atoms with van der Waals surface area (Å²) < 4.78 is 5.61. The lowest BCUT2D eigenvalue weighted by Gasteiger charge is -2.17. The van der Waals surface area contributed by atoms with Gasteiger partial charge in [-0.1, -0.05) is 17.7 Å². The number of rotatable bonds is 3. The third-order valence-corrected chi connectivity index (χ3v) is 3.64. The number of anilines is 1. The predicted octanol–water partition coefficient (Wildman–Crippen LogP) is 3.24. The molecule has 4 nitrogen and oxygen atoms in total. The van der Waals surface area contributed by atoms with Crippen LogP contribution < -0.4 is 10.6 Å². The van der Waals surface area contributed by atoms with E-state index in [0.29, 0.717) is 0 Å². The largest absolute Gasteiger partial charge is 0.465 e. The number of fused-ring (bicyclic) bond motifs is 1. The fraction of sp³-hybridized carbons (Fsp3) is 0.312. The van der Waals surface area contributed by atoms with Gasteiger partial charge in [-0.15, -0.1) is 0 Å². The van der Waals surface area contributed by atoms with Gasteiger partial charge in [-0.2, -0.15) is 0 Å². The molecule has 0 saturated carbocycles. The van der Waals surface area contributed by atoms with Crippen LogP contribution >= 0.6 is 0 Å². The topological polar surface area (TPSA) is 54.3 Å². The van der Waals surface area contributed by atoms with Crippen molar-refractivity contribution in [2.75, 3.05) is 5.32 Å². The smallest absolute Gasteiger partial charge is 0.246 e. The summed E-state index contributed by atoms with van der Waals surface area (Å²) in [6, 6.07) is 9.52. The summed E-state index contributed by atoms with van der Waals surface area (Å²) in [5.41, 5.74) is 3.04. The van der Waals surface area contributed by atoms with Crippen molar-refractivity contribution in [1.29, 1.82) is 0 Å². The van der Waals surface area contributed by atoms with Crippen molar-refractivity contribution in [3.8, 4) is 0 Å². The molecule has 0 aliphatic carbocycles. The highest BCUT2D eigenvalue weighted by atomic mass is 16.3. The molecule has 0 bridgehead atoms. The van der Waals surface area contributed by atoms with Gasteiger partial charge in [0.1, 0.15) is 17.6 Å². The lowest BCUT2D eigenvalue weighted by atomic mass is 10.0. The zero-order chi connectivity index (χ0) is 14.3. The second-order valence-corrected chi connectivity index (χ2v) is 5.35. The molecule has 2 unspecified atom stereocenters. The van der Waals surface area contributed by atoms with Crippen LogP contribution in [0.2, 0.25) is 0 Å². The molecule has 0 radical (unpaired) electrons. The summed E-state index contributed by atoms with van der Waals surface area (Å²) >= 11 is 0. The first-order valence-corrected chi connectivity index (χ1v) is 6.78. The number of carbonyl (C=O) groups is 1. The normalized spacial score (nSPS) is 18.8. The summed E-state index contributed by atoms with van der Waals surface area (Å²) in [6.07, 6.45) is 0. The predicted molar refractivity (Wildman–Crippen MR) is 77.5 cm³/mol. The van der Waals surface area contributed by atoms with Gasteiger partial charge in [0.05, 0.1) is 6.04 Å². The van der Waals surface area contributed by atoms with Crippen molar-refractivity contribution >= 4 is 11.6 Å². The number of carbonyl (C=O) groups excluding carboxylic acids is 1. The molecule has 3 rings (SSSR count). The van der Waals surface area contributed by atoms with E-state index in [9.17, 15) is 4.79 Å². The monoisotopic (exact) mass is 270 g/mol. The average Bonchev–Trinajstić information content (AvgIpc) is 2.95. The molecule has 4 heteroatoms. The van der Waals surface area contributed by atoms with Gasteiger partial charge in [-0.05, 0) is 39.0 Å². The van der Waals surface area contributed by atoms with Gasteiger partial charge >= 0.3 is 0 Å². The Labute approximate surface area is 118 Å². The maximum atomic E-state index is 12.1. The van der Waals surface area contributed by atoms with Crippen LogP contribution in [0.25, 0.3) is 0 Å². The van der Waals surface area contributed by atoms with Crippen LogP contribution in [-0.2, 0) is 4.79 Å². The third kappa shape index (κ3) is 2.23. The lowest BCUT2D eigenvalue weighted by molar-refractivity contribution is -0.117. The van der Waals surface area contributed by atoms with Crippen molar-refractivity contribution in [2.45, 2.75) is 32.9 Å². The first-order valence-electron chi connectivity index (χ1n) is 6.78. The van der Waals surface area contributed by atoms with E-state index >= 15 is 0 Å². The fourth-order valence-electron chi connectivity index (χ4n) is 2.56. The van der Waals surface area contributed by atoms with Crippen LogP contribution in [0, 0.1) is 13.8 Å². The molecule has 2 aromatic rings. The quantitative estimate of drug-likeness (QED) is 0.900. The zero-order valence-electron chi connectivity index (χ0n) is 11.9. The molecule has 104 valence electrons. The van der Waals surface area contributed by atoms with Crippen LogP contribution in [0.4, 0.5) is 5.69 Å². The second kappa shape index (κ2) is 4.80. The van der Waals surface area contributed by atoms with Crippen molar-refractivity contribution in [3.05, 3.63) is 53.0 Å². The van der Waals surface area contributed by atoms with E-state index in [-0.39, 0.29) is 18.0 Å². The molecule has 2 heterocycles. The van der Waals surface area contributed by atoms with E-state index in [1.54, 1.807) is 0 Å². The van der Waals surface area contributed by atoms with Crippen LogP contribution in [0.3, 0.4) is 0 Å². The van der Waals surface area contributed by atoms with Gasteiger partial charge < -0.3 is 9.73 Å². The Morgan fingerprint density at radius 2 is 2.05 bits per heavy atom. The van der Waals surface area contributed by atoms with Gasteiger partial charge in [-0.3, -0.25) is 10.1 Å². The standard InChI is InChI=1S/C16H18N2O2/c1-9-4-6-13-12(8-9)15(16(19)18-13)17-11(3)14-7-5-10(2)20-14/h4-8,11,15,17H,1-3H3,(H,18,19). The highest BCUT2D eigenvalue weighted by Crippen LogP contribution is 2.33.